The first-order valence-electron chi connectivity index (χ1n) is 6.82. The van der Waals surface area contributed by atoms with Gasteiger partial charge in [0.25, 0.3) is 0 Å². The molecule has 2 aliphatic heterocycles. The summed E-state index contributed by atoms with van der Waals surface area (Å²) < 4.78 is 5.52. The summed E-state index contributed by atoms with van der Waals surface area (Å²) >= 11 is 0. The molecule has 0 saturated carbocycles. The first-order chi connectivity index (χ1) is 8.97. The molecule has 0 aromatic heterocycles. The van der Waals surface area contributed by atoms with E-state index in [0.717, 1.165) is 25.0 Å². The van der Waals surface area contributed by atoms with Gasteiger partial charge >= 0.3 is 5.97 Å². The second-order valence-electron chi connectivity index (χ2n) is 5.94. The van der Waals surface area contributed by atoms with Gasteiger partial charge in [-0.3, -0.25) is 9.79 Å². The third-order valence-electron chi connectivity index (χ3n) is 3.15. The molecule has 0 aromatic carbocycles. The summed E-state index contributed by atoms with van der Waals surface area (Å²) in [6.45, 7) is 6.49. The Balaban J connectivity index is 2.14. The summed E-state index contributed by atoms with van der Waals surface area (Å²) in [7, 11) is 0. The molecule has 2 heterocycles. The highest BCUT2D eigenvalue weighted by molar-refractivity contribution is 5.77. The Kier molecular flexibility index (Phi) is 4.08. The molecule has 0 aromatic rings. The highest BCUT2D eigenvalue weighted by Gasteiger charge is 2.34. The van der Waals surface area contributed by atoms with Crippen molar-refractivity contribution in [2.45, 2.75) is 45.3 Å². The molecule has 0 spiro atoms. The average molecular weight is 262 g/mol. The highest BCUT2D eigenvalue weighted by Crippen LogP contribution is 2.28. The van der Waals surface area contributed by atoms with Gasteiger partial charge in [-0.15, -0.1) is 0 Å². The summed E-state index contributed by atoms with van der Waals surface area (Å²) in [6, 6.07) is -0.0954. The van der Waals surface area contributed by atoms with E-state index in [1.54, 1.807) is 0 Å². The van der Waals surface area contributed by atoms with Crippen LogP contribution in [0.3, 0.4) is 0 Å². The van der Waals surface area contributed by atoms with Crippen molar-refractivity contribution >= 4 is 12.2 Å². The van der Waals surface area contributed by atoms with Gasteiger partial charge in [0.15, 0.2) is 0 Å². The number of carbonyl (C=O) groups is 1. The predicted molar refractivity (Wildman–Crippen MR) is 76.1 cm³/mol. The number of carbonyl (C=O) groups excluding carboxylic acids is 1. The number of nitrogens with one attached hydrogen (secondary N) is 1. The molecule has 0 fully saturated rings. The molecule has 4 heteroatoms. The minimum atomic E-state index is -0.443. The summed E-state index contributed by atoms with van der Waals surface area (Å²) in [4.78, 5) is 16.8. The van der Waals surface area contributed by atoms with Crippen LogP contribution in [0.1, 0.15) is 33.6 Å². The van der Waals surface area contributed by atoms with Crippen LogP contribution in [0.15, 0.2) is 28.9 Å². The van der Waals surface area contributed by atoms with Crippen LogP contribution in [0.4, 0.5) is 0 Å². The van der Waals surface area contributed by atoms with Gasteiger partial charge in [0, 0.05) is 6.54 Å². The Bertz CT molecular complexity index is 430. The number of hydrogen-bond donors (Lipinski definition) is 1. The van der Waals surface area contributed by atoms with Gasteiger partial charge in [-0.1, -0.05) is 6.08 Å². The molecule has 2 unspecified atom stereocenters. The van der Waals surface area contributed by atoms with Crippen LogP contribution in [-0.4, -0.2) is 30.4 Å². The minimum Gasteiger partial charge on any atom is -0.460 e. The molecule has 1 N–H and O–H groups in total. The lowest BCUT2D eigenvalue weighted by Crippen LogP contribution is -2.37. The zero-order valence-electron chi connectivity index (χ0n) is 11.8. The van der Waals surface area contributed by atoms with Crippen molar-refractivity contribution in [1.29, 1.82) is 0 Å². The number of rotatable bonds is 2. The molecule has 2 rings (SSSR count). The van der Waals surface area contributed by atoms with Gasteiger partial charge in [-0.2, -0.15) is 0 Å². The van der Waals surface area contributed by atoms with Crippen LogP contribution in [0.5, 0.6) is 0 Å². The average Bonchev–Trinajstić information content (AvgIpc) is 2.38. The Labute approximate surface area is 114 Å². The lowest BCUT2D eigenvalue weighted by atomic mass is 9.86. The third kappa shape index (κ3) is 3.69. The van der Waals surface area contributed by atoms with E-state index in [1.807, 2.05) is 39.3 Å². The van der Waals surface area contributed by atoms with Crippen LogP contribution in [0.2, 0.25) is 0 Å². The number of nitrogens with zero attached hydrogens (tertiary/aromatic N) is 1. The molecule has 0 amide bonds. The van der Waals surface area contributed by atoms with Gasteiger partial charge < -0.3 is 10.1 Å². The maximum absolute atomic E-state index is 12.3. The van der Waals surface area contributed by atoms with E-state index in [0.29, 0.717) is 0 Å². The highest BCUT2D eigenvalue weighted by atomic mass is 16.6. The van der Waals surface area contributed by atoms with Crippen molar-refractivity contribution in [2.24, 2.45) is 10.9 Å². The van der Waals surface area contributed by atoms with Crippen LogP contribution in [-0.2, 0) is 9.53 Å². The third-order valence-corrected chi connectivity index (χ3v) is 3.15. The Morgan fingerprint density at radius 1 is 1.47 bits per heavy atom. The van der Waals surface area contributed by atoms with E-state index in [-0.39, 0.29) is 17.9 Å². The monoisotopic (exact) mass is 262 g/mol. The molecule has 0 bridgehead atoms. The maximum Gasteiger partial charge on any atom is 0.312 e. The van der Waals surface area contributed by atoms with Crippen LogP contribution >= 0.6 is 0 Å². The quantitative estimate of drug-likeness (QED) is 0.776. The van der Waals surface area contributed by atoms with Crippen molar-refractivity contribution in [1.82, 2.24) is 5.32 Å². The molecule has 19 heavy (non-hydrogen) atoms. The van der Waals surface area contributed by atoms with Crippen LogP contribution in [0.25, 0.3) is 0 Å². The summed E-state index contributed by atoms with van der Waals surface area (Å²) in [6.07, 6.45) is 9.56. The van der Waals surface area contributed by atoms with E-state index in [1.165, 1.54) is 0 Å². The minimum absolute atomic E-state index is 0.0954. The van der Waals surface area contributed by atoms with Crippen molar-refractivity contribution < 1.29 is 9.53 Å². The fraction of sp³-hybridized carbons (Fsp3) is 0.600. The van der Waals surface area contributed by atoms with Gasteiger partial charge in [-0.05, 0) is 57.7 Å². The number of ether oxygens (including phenoxy) is 1. The molecule has 2 atom stereocenters. The van der Waals surface area contributed by atoms with E-state index >= 15 is 0 Å². The molecule has 0 radical (unpaired) electrons. The van der Waals surface area contributed by atoms with Crippen molar-refractivity contribution in [3.63, 3.8) is 0 Å². The number of esters is 1. The first kappa shape index (κ1) is 13.8. The second kappa shape index (κ2) is 5.59. The lowest BCUT2D eigenvalue weighted by molar-refractivity contribution is -0.160. The normalized spacial score (nSPS) is 26.6. The number of dihydropyridines is 1. The summed E-state index contributed by atoms with van der Waals surface area (Å²) in [5, 5.41) is 3.11. The Hall–Kier alpha value is -1.58. The fourth-order valence-electron chi connectivity index (χ4n) is 2.33. The summed E-state index contributed by atoms with van der Waals surface area (Å²) in [5.41, 5.74) is 0.659. The molecular formula is C15H22N2O2. The number of aliphatic imine (C=N–C) groups is 1. The zero-order chi connectivity index (χ0) is 13.9. The largest absolute Gasteiger partial charge is 0.460 e. The van der Waals surface area contributed by atoms with E-state index in [9.17, 15) is 4.79 Å². The summed E-state index contributed by atoms with van der Waals surface area (Å²) in [5.74, 6) is -0.305. The molecule has 2 aliphatic rings. The van der Waals surface area contributed by atoms with Gasteiger partial charge in [0.2, 0.25) is 0 Å². The maximum atomic E-state index is 12.3. The number of hydrogen-bond acceptors (Lipinski definition) is 4. The van der Waals surface area contributed by atoms with E-state index in [2.05, 4.69) is 16.4 Å². The molecule has 4 nitrogen and oxygen atoms in total. The predicted octanol–water partition coefficient (Wildman–Crippen LogP) is 2.22. The SMILES string of the molecule is CC(C)(C)OC(=O)C1CCC=NC1C1=CCNC=C1. The Morgan fingerprint density at radius 2 is 2.26 bits per heavy atom. The zero-order valence-corrected chi connectivity index (χ0v) is 11.8. The van der Waals surface area contributed by atoms with E-state index < -0.39 is 5.60 Å². The molecule has 0 saturated heterocycles. The molecule has 104 valence electrons. The smallest absolute Gasteiger partial charge is 0.312 e. The van der Waals surface area contributed by atoms with Crippen LogP contribution in [0, 0.1) is 5.92 Å². The van der Waals surface area contributed by atoms with Crippen molar-refractivity contribution in [3.05, 3.63) is 23.9 Å². The topological polar surface area (TPSA) is 50.7 Å². The molecule has 0 aliphatic carbocycles. The van der Waals surface area contributed by atoms with E-state index in [4.69, 9.17) is 4.74 Å². The first-order valence-corrected chi connectivity index (χ1v) is 6.82. The standard InChI is InChI=1S/C15H22N2O2/c1-15(2,3)19-14(18)12-5-4-8-17-13(12)11-6-9-16-10-7-11/h6-9,12-13,16H,4-5,10H2,1-3H3. The fourth-order valence-corrected chi connectivity index (χ4v) is 2.33. The van der Waals surface area contributed by atoms with Crippen LogP contribution < -0.4 is 5.32 Å². The van der Waals surface area contributed by atoms with Gasteiger partial charge in [0.05, 0.1) is 12.0 Å². The molecular weight excluding hydrogens is 240 g/mol. The van der Waals surface area contributed by atoms with Gasteiger partial charge in [-0.25, -0.2) is 0 Å². The van der Waals surface area contributed by atoms with Gasteiger partial charge in [0.1, 0.15) is 5.60 Å². The van der Waals surface area contributed by atoms with Crippen molar-refractivity contribution in [3.8, 4) is 0 Å². The lowest BCUT2D eigenvalue weighted by Gasteiger charge is -2.30. The van der Waals surface area contributed by atoms with Crippen molar-refractivity contribution in [2.75, 3.05) is 6.54 Å². The second-order valence-corrected chi connectivity index (χ2v) is 5.94. The Morgan fingerprint density at radius 3 is 2.89 bits per heavy atom.